The molecular weight excluding hydrogens is 334 g/mol. The van der Waals surface area contributed by atoms with Gasteiger partial charge in [-0.05, 0) is 30.8 Å². The van der Waals surface area contributed by atoms with E-state index in [4.69, 9.17) is 9.47 Å². The second-order valence-electron chi connectivity index (χ2n) is 7.66. The lowest BCUT2D eigenvalue weighted by atomic mass is 9.75. The molecule has 0 amide bonds. The number of hydrogen-bond acceptors (Lipinski definition) is 2. The first-order chi connectivity index (χ1) is 12.7. The van der Waals surface area contributed by atoms with Crippen LogP contribution >= 0.6 is 0 Å². The molecular formula is C22H30F2O2. The van der Waals surface area contributed by atoms with E-state index in [1.54, 1.807) is 24.3 Å². The molecule has 26 heavy (non-hydrogen) atoms. The molecule has 0 aromatic heterocycles. The molecule has 0 N–H and O–H groups in total. The zero-order valence-corrected chi connectivity index (χ0v) is 15.6. The van der Waals surface area contributed by atoms with Gasteiger partial charge in [0.15, 0.2) is 6.29 Å². The molecule has 1 aromatic carbocycles. The summed E-state index contributed by atoms with van der Waals surface area (Å²) < 4.78 is 37.7. The second kappa shape index (κ2) is 9.61. The van der Waals surface area contributed by atoms with E-state index >= 15 is 0 Å². The van der Waals surface area contributed by atoms with Crippen LogP contribution < -0.4 is 0 Å². The van der Waals surface area contributed by atoms with Gasteiger partial charge in [0.25, 0.3) is 0 Å². The summed E-state index contributed by atoms with van der Waals surface area (Å²) >= 11 is 0. The van der Waals surface area contributed by atoms with E-state index in [1.165, 1.54) is 38.5 Å². The minimum absolute atomic E-state index is 0.379. The lowest BCUT2D eigenvalue weighted by Crippen LogP contribution is -2.34. The van der Waals surface area contributed by atoms with Crippen molar-refractivity contribution in [2.24, 2.45) is 17.8 Å². The Morgan fingerprint density at radius 2 is 1.69 bits per heavy atom. The third-order valence-corrected chi connectivity index (χ3v) is 5.89. The largest absolute Gasteiger partial charge is 0.348 e. The molecule has 1 saturated carbocycles. The SMILES string of the molecule is CCCC1CCC(C2COC(c3ccc(/C(F)=C/CF)cc3)OC2)CC1. The predicted molar refractivity (Wildman–Crippen MR) is 100.0 cm³/mol. The summed E-state index contributed by atoms with van der Waals surface area (Å²) in [7, 11) is 0. The molecule has 3 rings (SSSR count). The Balaban J connectivity index is 1.49. The van der Waals surface area contributed by atoms with Gasteiger partial charge in [0, 0.05) is 17.0 Å². The van der Waals surface area contributed by atoms with Crippen LogP contribution in [0.3, 0.4) is 0 Å². The molecule has 2 fully saturated rings. The summed E-state index contributed by atoms with van der Waals surface area (Å²) in [5, 5.41) is 0. The van der Waals surface area contributed by atoms with Crippen LogP contribution in [0, 0.1) is 17.8 Å². The Bertz CT molecular complexity index is 568. The Kier molecular flexibility index (Phi) is 7.21. The minimum atomic E-state index is -0.801. The monoisotopic (exact) mass is 364 g/mol. The first-order valence-corrected chi connectivity index (χ1v) is 9.96. The van der Waals surface area contributed by atoms with Crippen molar-refractivity contribution in [3.63, 3.8) is 0 Å². The standard InChI is InChI=1S/C22H30F2O2/c1-2-3-16-4-6-17(7-5-16)20-14-25-22(26-15-20)19-10-8-18(9-11-19)21(24)12-13-23/h8-12,16-17,20,22H,2-7,13-15H2,1H3/b21-12-. The summed E-state index contributed by atoms with van der Waals surface area (Å²) in [6.07, 6.45) is 8.48. The summed E-state index contributed by atoms with van der Waals surface area (Å²) in [4.78, 5) is 0. The number of ether oxygens (including phenoxy) is 2. The summed E-state index contributed by atoms with van der Waals surface area (Å²) in [6.45, 7) is 2.93. The average molecular weight is 364 g/mol. The number of hydrogen-bond donors (Lipinski definition) is 0. The van der Waals surface area contributed by atoms with Crippen molar-refractivity contribution < 1.29 is 18.3 Å². The zero-order chi connectivity index (χ0) is 18.4. The van der Waals surface area contributed by atoms with Gasteiger partial charge < -0.3 is 9.47 Å². The molecule has 0 radical (unpaired) electrons. The van der Waals surface area contributed by atoms with Gasteiger partial charge in [-0.2, -0.15) is 0 Å². The molecule has 4 heteroatoms. The number of rotatable bonds is 6. The fourth-order valence-corrected chi connectivity index (χ4v) is 4.32. The molecule has 144 valence electrons. The minimum Gasteiger partial charge on any atom is -0.348 e. The summed E-state index contributed by atoms with van der Waals surface area (Å²) in [5.41, 5.74) is 1.26. The normalized spacial score (nSPS) is 30.3. The highest BCUT2D eigenvalue weighted by Gasteiger charge is 2.32. The Morgan fingerprint density at radius 1 is 1.04 bits per heavy atom. The van der Waals surface area contributed by atoms with Crippen LogP contribution in [0.25, 0.3) is 5.83 Å². The molecule has 2 aliphatic rings. The van der Waals surface area contributed by atoms with Crippen LogP contribution in [-0.2, 0) is 9.47 Å². The zero-order valence-electron chi connectivity index (χ0n) is 15.6. The second-order valence-corrected chi connectivity index (χ2v) is 7.66. The van der Waals surface area contributed by atoms with E-state index in [-0.39, 0.29) is 6.29 Å². The maximum absolute atomic E-state index is 13.6. The molecule has 1 aromatic rings. The van der Waals surface area contributed by atoms with Crippen LogP contribution in [0.15, 0.2) is 30.3 Å². The van der Waals surface area contributed by atoms with Crippen molar-refractivity contribution in [2.45, 2.75) is 51.7 Å². The van der Waals surface area contributed by atoms with Crippen LogP contribution in [-0.4, -0.2) is 19.9 Å². The van der Waals surface area contributed by atoms with Gasteiger partial charge in [-0.1, -0.05) is 56.9 Å². The van der Waals surface area contributed by atoms with Gasteiger partial charge in [-0.25, -0.2) is 8.78 Å². The van der Waals surface area contributed by atoms with E-state index in [0.717, 1.165) is 30.8 Å². The highest BCUT2D eigenvalue weighted by Crippen LogP contribution is 2.38. The Hall–Kier alpha value is -1.26. The molecule has 1 heterocycles. The van der Waals surface area contributed by atoms with Crippen molar-refractivity contribution in [2.75, 3.05) is 19.9 Å². The van der Waals surface area contributed by atoms with Crippen LogP contribution in [0.2, 0.25) is 0 Å². The maximum Gasteiger partial charge on any atom is 0.183 e. The van der Waals surface area contributed by atoms with Crippen LogP contribution in [0.5, 0.6) is 0 Å². The molecule has 0 atom stereocenters. The molecule has 1 saturated heterocycles. The van der Waals surface area contributed by atoms with E-state index < -0.39 is 12.5 Å². The molecule has 0 bridgehead atoms. The van der Waals surface area contributed by atoms with Crippen molar-refractivity contribution in [1.29, 1.82) is 0 Å². The molecule has 0 unspecified atom stereocenters. The van der Waals surface area contributed by atoms with Gasteiger partial charge >= 0.3 is 0 Å². The van der Waals surface area contributed by atoms with Gasteiger partial charge in [0.2, 0.25) is 0 Å². The van der Waals surface area contributed by atoms with Gasteiger partial charge in [0.1, 0.15) is 12.5 Å². The Labute approximate surface area is 155 Å². The number of halogens is 2. The molecule has 0 spiro atoms. The van der Waals surface area contributed by atoms with E-state index in [1.807, 2.05) is 0 Å². The molecule has 1 aliphatic heterocycles. The van der Waals surface area contributed by atoms with E-state index in [2.05, 4.69) is 6.92 Å². The maximum atomic E-state index is 13.6. The quantitative estimate of drug-likeness (QED) is 0.595. The summed E-state index contributed by atoms with van der Waals surface area (Å²) in [5.74, 6) is 1.58. The average Bonchev–Trinajstić information content (AvgIpc) is 2.69. The lowest BCUT2D eigenvalue weighted by molar-refractivity contribution is -0.214. The number of allylic oxidation sites excluding steroid dienone is 1. The first kappa shape index (κ1) is 19.5. The molecule has 2 nitrogen and oxygen atoms in total. The first-order valence-electron chi connectivity index (χ1n) is 9.96. The van der Waals surface area contributed by atoms with Gasteiger partial charge in [0.05, 0.1) is 13.2 Å². The third-order valence-electron chi connectivity index (χ3n) is 5.89. The predicted octanol–water partition coefficient (Wildman–Crippen LogP) is 6.23. The fraction of sp³-hybridized carbons (Fsp3) is 0.636. The van der Waals surface area contributed by atoms with Crippen molar-refractivity contribution in [3.8, 4) is 0 Å². The summed E-state index contributed by atoms with van der Waals surface area (Å²) in [6, 6.07) is 6.87. The van der Waals surface area contributed by atoms with Crippen LogP contribution in [0.1, 0.15) is 62.9 Å². The smallest absolute Gasteiger partial charge is 0.183 e. The molecule has 1 aliphatic carbocycles. The number of alkyl halides is 1. The fourth-order valence-electron chi connectivity index (χ4n) is 4.32. The van der Waals surface area contributed by atoms with Crippen molar-refractivity contribution in [3.05, 3.63) is 41.5 Å². The lowest BCUT2D eigenvalue weighted by Gasteiger charge is -2.37. The number of benzene rings is 1. The van der Waals surface area contributed by atoms with Gasteiger partial charge in [-0.15, -0.1) is 0 Å². The Morgan fingerprint density at radius 3 is 2.27 bits per heavy atom. The van der Waals surface area contributed by atoms with Crippen molar-refractivity contribution >= 4 is 5.83 Å². The highest BCUT2D eigenvalue weighted by molar-refractivity contribution is 5.59. The topological polar surface area (TPSA) is 18.5 Å². The third kappa shape index (κ3) is 4.92. The van der Waals surface area contributed by atoms with Crippen LogP contribution in [0.4, 0.5) is 8.78 Å². The van der Waals surface area contributed by atoms with Gasteiger partial charge in [-0.3, -0.25) is 0 Å². The van der Waals surface area contributed by atoms with E-state index in [0.29, 0.717) is 17.4 Å². The van der Waals surface area contributed by atoms with E-state index in [9.17, 15) is 8.78 Å². The highest BCUT2D eigenvalue weighted by atomic mass is 19.1. The van der Waals surface area contributed by atoms with Crippen molar-refractivity contribution in [1.82, 2.24) is 0 Å².